The van der Waals surface area contributed by atoms with Crippen molar-refractivity contribution in [3.05, 3.63) is 76.6 Å². The topological polar surface area (TPSA) is 38.3 Å². The number of nitrogens with one attached hydrogen (secondary N) is 1. The lowest BCUT2D eigenvalue weighted by molar-refractivity contribution is 0.0598. The fourth-order valence-corrected chi connectivity index (χ4v) is 4.14. The van der Waals surface area contributed by atoms with Crippen LogP contribution < -0.4 is 5.32 Å². The minimum absolute atomic E-state index is 0.0831. The SMILES string of the molecule is COC(=O)c1ccc(C)c2c1[C@@H]1C=CC[C@@H]1[C@@H](c1ccc(F)cc1)N2. The van der Waals surface area contributed by atoms with E-state index in [9.17, 15) is 9.18 Å². The van der Waals surface area contributed by atoms with Crippen LogP contribution in [-0.2, 0) is 4.74 Å². The Morgan fingerprint density at radius 2 is 1.96 bits per heavy atom. The summed E-state index contributed by atoms with van der Waals surface area (Å²) in [5.41, 5.74) is 4.78. The van der Waals surface area contributed by atoms with Gasteiger partial charge >= 0.3 is 5.97 Å². The summed E-state index contributed by atoms with van der Waals surface area (Å²) >= 11 is 0. The Bertz CT molecular complexity index is 857. The zero-order valence-electron chi connectivity index (χ0n) is 14.3. The second kappa shape index (κ2) is 6.03. The van der Waals surface area contributed by atoms with Gasteiger partial charge in [0.05, 0.1) is 18.7 Å². The van der Waals surface area contributed by atoms with Crippen molar-refractivity contribution in [3.8, 4) is 0 Å². The van der Waals surface area contributed by atoms with Crippen molar-refractivity contribution < 1.29 is 13.9 Å². The number of benzene rings is 2. The summed E-state index contributed by atoms with van der Waals surface area (Å²) in [5, 5.41) is 3.62. The van der Waals surface area contributed by atoms with Crippen LogP contribution in [0.15, 0.2) is 48.6 Å². The number of carbonyl (C=O) groups is 1. The predicted molar refractivity (Wildman–Crippen MR) is 95.3 cm³/mol. The number of methoxy groups -OCH3 is 1. The summed E-state index contributed by atoms with van der Waals surface area (Å²) in [7, 11) is 1.41. The quantitative estimate of drug-likeness (QED) is 0.635. The minimum atomic E-state index is -0.308. The van der Waals surface area contributed by atoms with Crippen LogP contribution in [0.1, 0.15) is 45.4 Å². The highest BCUT2D eigenvalue weighted by molar-refractivity contribution is 5.94. The van der Waals surface area contributed by atoms with Crippen LogP contribution in [0.3, 0.4) is 0 Å². The molecule has 0 radical (unpaired) electrons. The van der Waals surface area contributed by atoms with Crippen LogP contribution in [0.25, 0.3) is 0 Å². The molecule has 4 heteroatoms. The third-order valence-corrected chi connectivity index (χ3v) is 5.36. The maximum Gasteiger partial charge on any atom is 0.338 e. The highest BCUT2D eigenvalue weighted by Gasteiger charge is 2.40. The molecule has 1 heterocycles. The molecule has 1 aliphatic heterocycles. The van der Waals surface area contributed by atoms with Crippen molar-refractivity contribution in [2.45, 2.75) is 25.3 Å². The first kappa shape index (κ1) is 15.9. The number of allylic oxidation sites excluding steroid dienone is 2. The van der Waals surface area contributed by atoms with Gasteiger partial charge in [-0.05, 0) is 54.2 Å². The van der Waals surface area contributed by atoms with Crippen molar-refractivity contribution in [2.24, 2.45) is 5.92 Å². The monoisotopic (exact) mass is 337 g/mol. The van der Waals surface area contributed by atoms with E-state index in [4.69, 9.17) is 4.74 Å². The zero-order chi connectivity index (χ0) is 17.6. The molecule has 2 aromatic carbocycles. The lowest BCUT2D eigenvalue weighted by atomic mass is 9.75. The van der Waals surface area contributed by atoms with Crippen molar-refractivity contribution in [2.75, 3.05) is 12.4 Å². The number of anilines is 1. The van der Waals surface area contributed by atoms with E-state index in [2.05, 4.69) is 17.5 Å². The van der Waals surface area contributed by atoms with Crippen LogP contribution in [0, 0.1) is 18.7 Å². The Kier molecular flexibility index (Phi) is 3.83. The molecule has 3 nitrogen and oxygen atoms in total. The predicted octanol–water partition coefficient (Wildman–Crippen LogP) is 4.75. The van der Waals surface area contributed by atoms with Gasteiger partial charge < -0.3 is 10.1 Å². The Balaban J connectivity index is 1.85. The number of hydrogen-bond donors (Lipinski definition) is 1. The van der Waals surface area contributed by atoms with E-state index in [1.54, 1.807) is 0 Å². The van der Waals surface area contributed by atoms with Gasteiger partial charge in [-0.3, -0.25) is 0 Å². The van der Waals surface area contributed by atoms with E-state index >= 15 is 0 Å². The van der Waals surface area contributed by atoms with Crippen LogP contribution in [0.5, 0.6) is 0 Å². The van der Waals surface area contributed by atoms with Crippen molar-refractivity contribution in [1.82, 2.24) is 0 Å². The van der Waals surface area contributed by atoms with Crippen LogP contribution in [0.4, 0.5) is 10.1 Å². The molecule has 0 saturated heterocycles. The molecule has 0 saturated carbocycles. The summed E-state index contributed by atoms with van der Waals surface area (Å²) in [6.45, 7) is 2.04. The number of hydrogen-bond acceptors (Lipinski definition) is 3. The molecular weight excluding hydrogens is 317 g/mol. The standard InChI is InChI=1S/C21H20FNO2/c1-12-6-11-17(21(24)25-2)18-15-4-3-5-16(15)20(23-19(12)18)13-7-9-14(22)10-8-13/h3-4,6-11,15-16,20,23H,5H2,1-2H3/t15-,16+,20-/m1/s1. The Morgan fingerprint density at radius 3 is 2.68 bits per heavy atom. The van der Waals surface area contributed by atoms with Gasteiger partial charge in [-0.25, -0.2) is 9.18 Å². The number of ether oxygens (including phenoxy) is 1. The molecule has 3 atom stereocenters. The first-order valence-corrected chi connectivity index (χ1v) is 8.50. The first-order valence-electron chi connectivity index (χ1n) is 8.50. The second-order valence-corrected chi connectivity index (χ2v) is 6.74. The molecule has 4 rings (SSSR count). The zero-order valence-corrected chi connectivity index (χ0v) is 14.3. The van der Waals surface area contributed by atoms with E-state index < -0.39 is 0 Å². The minimum Gasteiger partial charge on any atom is -0.465 e. The Hall–Kier alpha value is -2.62. The van der Waals surface area contributed by atoms with Gasteiger partial charge in [-0.2, -0.15) is 0 Å². The summed E-state index contributed by atoms with van der Waals surface area (Å²) in [4.78, 5) is 12.3. The highest BCUT2D eigenvalue weighted by atomic mass is 19.1. The number of esters is 1. The lowest BCUT2D eigenvalue weighted by Gasteiger charge is -2.39. The lowest BCUT2D eigenvalue weighted by Crippen LogP contribution is -2.31. The fraction of sp³-hybridized carbons (Fsp3) is 0.286. The van der Waals surface area contributed by atoms with Gasteiger partial charge in [0.2, 0.25) is 0 Å². The number of carbonyl (C=O) groups excluding carboxylic acids is 1. The molecule has 1 N–H and O–H groups in total. The van der Waals surface area contributed by atoms with E-state index in [0.29, 0.717) is 11.5 Å². The first-order chi connectivity index (χ1) is 12.1. The second-order valence-electron chi connectivity index (χ2n) is 6.74. The summed E-state index contributed by atoms with van der Waals surface area (Å²) in [6.07, 6.45) is 5.28. The number of rotatable bonds is 2. The smallest absolute Gasteiger partial charge is 0.338 e. The maximum atomic E-state index is 13.3. The molecule has 0 fully saturated rings. The molecule has 2 aliphatic rings. The molecule has 25 heavy (non-hydrogen) atoms. The van der Waals surface area contributed by atoms with E-state index in [1.807, 2.05) is 31.2 Å². The molecular formula is C21H20FNO2. The third kappa shape index (κ3) is 2.53. The number of fused-ring (bicyclic) bond motifs is 3. The van der Waals surface area contributed by atoms with Gasteiger partial charge in [0.25, 0.3) is 0 Å². The van der Waals surface area contributed by atoms with E-state index in [1.165, 1.54) is 19.2 Å². The Labute approximate surface area is 146 Å². The number of halogens is 1. The summed E-state index contributed by atoms with van der Waals surface area (Å²) in [6, 6.07) is 10.6. The number of aryl methyl sites for hydroxylation is 1. The molecule has 0 unspecified atom stereocenters. The largest absolute Gasteiger partial charge is 0.465 e. The molecule has 128 valence electrons. The van der Waals surface area contributed by atoms with Crippen LogP contribution in [0.2, 0.25) is 0 Å². The summed E-state index contributed by atoms with van der Waals surface area (Å²) < 4.78 is 18.3. The Morgan fingerprint density at radius 1 is 1.20 bits per heavy atom. The highest BCUT2D eigenvalue weighted by Crippen LogP contribution is 2.51. The van der Waals surface area contributed by atoms with Crippen LogP contribution >= 0.6 is 0 Å². The molecule has 0 bridgehead atoms. The molecule has 0 spiro atoms. The fourth-order valence-electron chi connectivity index (χ4n) is 4.14. The van der Waals surface area contributed by atoms with Gasteiger partial charge in [-0.1, -0.05) is 30.4 Å². The van der Waals surface area contributed by atoms with E-state index in [0.717, 1.165) is 28.8 Å². The summed E-state index contributed by atoms with van der Waals surface area (Å²) in [5.74, 6) is -0.0917. The van der Waals surface area contributed by atoms with Gasteiger partial charge in [-0.15, -0.1) is 0 Å². The van der Waals surface area contributed by atoms with E-state index in [-0.39, 0.29) is 23.7 Å². The molecule has 0 amide bonds. The average Bonchev–Trinajstić information content (AvgIpc) is 3.11. The molecule has 0 aromatic heterocycles. The third-order valence-electron chi connectivity index (χ3n) is 5.36. The van der Waals surface area contributed by atoms with Crippen molar-refractivity contribution >= 4 is 11.7 Å². The van der Waals surface area contributed by atoms with Crippen molar-refractivity contribution in [3.63, 3.8) is 0 Å². The molecule has 1 aliphatic carbocycles. The normalized spacial score (nSPS) is 23.6. The van der Waals surface area contributed by atoms with Gasteiger partial charge in [0.1, 0.15) is 5.82 Å². The maximum absolute atomic E-state index is 13.3. The molecule has 2 aromatic rings. The van der Waals surface area contributed by atoms with Gasteiger partial charge in [0.15, 0.2) is 0 Å². The van der Waals surface area contributed by atoms with Crippen LogP contribution in [-0.4, -0.2) is 13.1 Å². The average molecular weight is 337 g/mol. The van der Waals surface area contributed by atoms with Gasteiger partial charge in [0, 0.05) is 11.6 Å². The van der Waals surface area contributed by atoms with Crippen molar-refractivity contribution in [1.29, 1.82) is 0 Å².